The molecular weight excluding hydrogens is 647 g/mol. The van der Waals surface area contributed by atoms with Crippen molar-refractivity contribution in [3.05, 3.63) is 29.3 Å². The molecule has 0 radical (unpaired) electrons. The Balaban J connectivity index is 1.27. The van der Waals surface area contributed by atoms with Crippen molar-refractivity contribution in [1.82, 2.24) is 14.1 Å². The summed E-state index contributed by atoms with van der Waals surface area (Å²) in [7, 11) is -3.34. The average molecular weight is 681 g/mol. The molecule has 1 aromatic carbocycles. The number of hydrogen-bond acceptors (Lipinski definition) is 6. The van der Waals surface area contributed by atoms with E-state index in [4.69, 9.17) is 0 Å². The van der Waals surface area contributed by atoms with Crippen LogP contribution < -0.4 is 4.90 Å². The molecule has 1 aromatic rings. The maximum atomic E-state index is 14.0. The van der Waals surface area contributed by atoms with Crippen molar-refractivity contribution in [1.29, 1.82) is 0 Å². The monoisotopic (exact) mass is 680 g/mol. The third-order valence-electron chi connectivity index (χ3n) is 9.52. The lowest BCUT2D eigenvalue weighted by atomic mass is 9.77. The molecule has 4 heterocycles. The van der Waals surface area contributed by atoms with Crippen molar-refractivity contribution in [3.8, 4) is 0 Å². The number of anilines is 1. The summed E-state index contributed by atoms with van der Waals surface area (Å²) in [6.45, 7) is 1.63. The number of ether oxygens (including phenoxy) is 1. The van der Waals surface area contributed by atoms with E-state index in [0.717, 1.165) is 23.3 Å². The number of hydrogen-bond donors (Lipinski definition) is 0. The van der Waals surface area contributed by atoms with E-state index in [9.17, 15) is 52.7 Å². The van der Waals surface area contributed by atoms with Crippen LogP contribution in [0.4, 0.5) is 50.0 Å². The Morgan fingerprint density at radius 3 is 2.00 bits per heavy atom. The lowest BCUT2D eigenvalue weighted by Gasteiger charge is -2.52. The van der Waals surface area contributed by atoms with E-state index >= 15 is 0 Å². The number of nitrogens with zero attached hydrogens (tertiary/aromatic N) is 4. The minimum absolute atomic E-state index is 0.0225. The fraction of sp³-hybridized carbons (Fsp3) is 0.741. The van der Waals surface area contributed by atoms with Gasteiger partial charge in [0.25, 0.3) is 6.10 Å². The molecule has 2 spiro atoms. The Morgan fingerprint density at radius 1 is 0.867 bits per heavy atom. The van der Waals surface area contributed by atoms with Crippen LogP contribution in [0.2, 0.25) is 0 Å². The van der Waals surface area contributed by atoms with Crippen LogP contribution in [0.1, 0.15) is 43.2 Å². The standard InChI is InChI=1S/C27H33F9N4O4S/c1-45(42,43)40-10-6-23(15-40)4-8-37(9-5-23)20-12-18(11-19(13-20)25(28,29)30)14-39-7-2-3-24(39)16-38(17-24)22(41)44-21(26(31,32)33)27(34,35)36/h11-13,21H,2-10,14-17H2,1H3. The van der Waals surface area contributed by atoms with Gasteiger partial charge in [-0.2, -0.15) is 39.5 Å². The summed E-state index contributed by atoms with van der Waals surface area (Å²) in [5.74, 6) is 0. The average Bonchev–Trinajstić information content (AvgIpc) is 3.49. The minimum Gasteiger partial charge on any atom is -0.426 e. The van der Waals surface area contributed by atoms with Gasteiger partial charge in [0.05, 0.1) is 17.4 Å². The number of carbonyl (C=O) groups is 1. The number of likely N-dealkylation sites (tertiary alicyclic amines) is 2. The van der Waals surface area contributed by atoms with E-state index in [2.05, 4.69) is 4.74 Å². The minimum atomic E-state index is -5.85. The van der Waals surface area contributed by atoms with E-state index in [1.807, 2.05) is 9.80 Å². The lowest BCUT2D eigenvalue weighted by molar-refractivity contribution is -0.309. The number of amides is 1. The Morgan fingerprint density at radius 2 is 1.47 bits per heavy atom. The number of halogens is 9. The van der Waals surface area contributed by atoms with E-state index in [1.165, 1.54) is 4.31 Å². The highest BCUT2D eigenvalue weighted by atomic mass is 32.2. The zero-order chi connectivity index (χ0) is 33.2. The molecule has 0 N–H and O–H groups in total. The Hall–Kier alpha value is -2.47. The van der Waals surface area contributed by atoms with Crippen molar-refractivity contribution >= 4 is 21.8 Å². The number of piperidine rings is 1. The van der Waals surface area contributed by atoms with Crippen LogP contribution in [0.5, 0.6) is 0 Å². The fourth-order valence-electron chi connectivity index (χ4n) is 7.04. The van der Waals surface area contributed by atoms with Gasteiger partial charge in [0.1, 0.15) is 0 Å². The van der Waals surface area contributed by atoms with Crippen molar-refractivity contribution in [2.24, 2.45) is 5.41 Å². The molecule has 0 bridgehead atoms. The Labute approximate surface area is 254 Å². The van der Waals surface area contributed by atoms with E-state index in [0.29, 0.717) is 76.1 Å². The summed E-state index contributed by atoms with van der Waals surface area (Å²) in [4.78, 5) is 16.6. The smallest absolute Gasteiger partial charge is 0.426 e. The molecule has 4 fully saturated rings. The zero-order valence-corrected chi connectivity index (χ0v) is 25.1. The second-order valence-corrected chi connectivity index (χ2v) is 14.7. The first kappa shape index (κ1) is 33.9. The second kappa shape index (κ2) is 11.3. The molecule has 0 aliphatic carbocycles. The molecule has 0 saturated carbocycles. The third kappa shape index (κ3) is 7.11. The van der Waals surface area contributed by atoms with Crippen molar-refractivity contribution < 1.29 is 57.5 Å². The summed E-state index contributed by atoms with van der Waals surface area (Å²) >= 11 is 0. The van der Waals surface area contributed by atoms with Gasteiger partial charge in [-0.25, -0.2) is 17.5 Å². The molecule has 4 saturated heterocycles. The number of carbonyl (C=O) groups excluding carboxylic acids is 1. The molecule has 8 nitrogen and oxygen atoms in total. The number of benzene rings is 1. The lowest BCUT2D eigenvalue weighted by Crippen LogP contribution is -2.69. The maximum absolute atomic E-state index is 14.0. The van der Waals surface area contributed by atoms with Gasteiger partial charge in [-0.1, -0.05) is 0 Å². The molecule has 5 rings (SSSR count). The van der Waals surface area contributed by atoms with Crippen molar-refractivity contribution in [2.75, 3.05) is 57.0 Å². The number of alkyl halides is 9. The van der Waals surface area contributed by atoms with Gasteiger partial charge in [0.15, 0.2) is 0 Å². The SMILES string of the molecule is CS(=O)(=O)N1CCC2(CCN(c3cc(CN4CCCC45CN(C(=O)OC(C(F)(F)F)C(F)(F)F)C5)cc(C(F)(F)F)c3)CC2)C1. The highest BCUT2D eigenvalue weighted by Crippen LogP contribution is 2.44. The van der Waals surface area contributed by atoms with Crippen LogP contribution >= 0.6 is 0 Å². The summed E-state index contributed by atoms with van der Waals surface area (Å²) in [5.41, 5.74) is -1.24. The molecular formula is C27H33F9N4O4S. The molecule has 45 heavy (non-hydrogen) atoms. The second-order valence-electron chi connectivity index (χ2n) is 12.7. The van der Waals surface area contributed by atoms with Crippen molar-refractivity contribution in [2.45, 2.75) is 68.8 Å². The number of sulfonamides is 1. The van der Waals surface area contributed by atoms with Gasteiger partial charge in [-0.15, -0.1) is 0 Å². The van der Waals surface area contributed by atoms with Gasteiger partial charge in [0, 0.05) is 51.5 Å². The van der Waals surface area contributed by atoms with Gasteiger partial charge >= 0.3 is 24.6 Å². The van der Waals surface area contributed by atoms with Crippen LogP contribution in [0, 0.1) is 5.41 Å². The van der Waals surface area contributed by atoms with Gasteiger partial charge < -0.3 is 14.5 Å². The normalized spacial score (nSPS) is 22.9. The topological polar surface area (TPSA) is 73.4 Å². The van der Waals surface area contributed by atoms with Gasteiger partial charge in [-0.05, 0) is 67.8 Å². The molecule has 0 aromatic heterocycles. The molecule has 4 aliphatic rings. The Kier molecular flexibility index (Phi) is 8.55. The van der Waals surface area contributed by atoms with E-state index in [1.54, 1.807) is 6.07 Å². The quantitative estimate of drug-likeness (QED) is 0.397. The molecule has 0 atom stereocenters. The molecule has 0 unspecified atom stereocenters. The first-order valence-electron chi connectivity index (χ1n) is 14.4. The Bertz CT molecular complexity index is 1370. The molecule has 18 heteroatoms. The van der Waals surface area contributed by atoms with Crippen LogP contribution in [0.15, 0.2) is 18.2 Å². The summed E-state index contributed by atoms with van der Waals surface area (Å²) in [6, 6.07) is 3.72. The first-order chi connectivity index (χ1) is 20.6. The molecule has 254 valence electrons. The fourth-order valence-corrected chi connectivity index (χ4v) is 7.97. The van der Waals surface area contributed by atoms with E-state index < -0.39 is 51.9 Å². The summed E-state index contributed by atoms with van der Waals surface area (Å²) in [6.07, 6.45) is -18.3. The zero-order valence-electron chi connectivity index (χ0n) is 24.2. The highest BCUT2D eigenvalue weighted by Gasteiger charge is 2.61. The number of rotatable bonds is 5. The van der Waals surface area contributed by atoms with Crippen LogP contribution in [0.3, 0.4) is 0 Å². The van der Waals surface area contributed by atoms with Crippen LogP contribution in [0.25, 0.3) is 0 Å². The van der Waals surface area contributed by atoms with E-state index in [-0.39, 0.29) is 25.0 Å². The third-order valence-corrected chi connectivity index (χ3v) is 10.8. The van der Waals surface area contributed by atoms with Gasteiger partial charge in [0.2, 0.25) is 10.0 Å². The predicted octanol–water partition coefficient (Wildman–Crippen LogP) is 5.24. The van der Waals surface area contributed by atoms with Crippen LogP contribution in [-0.2, 0) is 27.5 Å². The predicted molar refractivity (Wildman–Crippen MR) is 143 cm³/mol. The molecule has 4 aliphatic heterocycles. The maximum Gasteiger partial charge on any atom is 0.434 e. The molecule has 1 amide bonds. The van der Waals surface area contributed by atoms with Crippen LogP contribution in [-0.4, -0.2) is 105 Å². The van der Waals surface area contributed by atoms with Gasteiger partial charge in [-0.3, -0.25) is 4.90 Å². The summed E-state index contributed by atoms with van der Waals surface area (Å²) < 4.78 is 148. The highest BCUT2D eigenvalue weighted by molar-refractivity contribution is 7.88. The summed E-state index contributed by atoms with van der Waals surface area (Å²) in [5, 5.41) is 0. The largest absolute Gasteiger partial charge is 0.434 e. The first-order valence-corrected chi connectivity index (χ1v) is 16.2. The van der Waals surface area contributed by atoms with Crippen molar-refractivity contribution in [3.63, 3.8) is 0 Å².